The SMILES string of the molecule is C1CCSC1.Cc1ccsc1. The maximum absolute atomic E-state index is 2.12. The van der Waals surface area contributed by atoms with Crippen molar-refractivity contribution in [2.24, 2.45) is 0 Å². The number of hydrogen-bond acceptors (Lipinski definition) is 2. The highest BCUT2D eigenvalue weighted by atomic mass is 32.2. The Morgan fingerprint density at radius 1 is 1.27 bits per heavy atom. The highest BCUT2D eigenvalue weighted by molar-refractivity contribution is 7.99. The average molecular weight is 186 g/mol. The van der Waals surface area contributed by atoms with Crippen LogP contribution in [0, 0.1) is 6.92 Å². The van der Waals surface area contributed by atoms with Crippen molar-refractivity contribution in [1.82, 2.24) is 0 Å². The second-order valence-corrected chi connectivity index (χ2v) is 4.62. The topological polar surface area (TPSA) is 0 Å². The lowest BCUT2D eigenvalue weighted by atomic mass is 10.4. The Kier molecular flexibility index (Phi) is 4.71. The van der Waals surface area contributed by atoms with Gasteiger partial charge in [-0.05, 0) is 53.7 Å². The van der Waals surface area contributed by atoms with Crippen LogP contribution < -0.4 is 0 Å². The lowest BCUT2D eigenvalue weighted by Crippen LogP contribution is -1.58. The smallest absolute Gasteiger partial charge is 0.00641 e. The predicted octanol–water partition coefficient (Wildman–Crippen LogP) is 3.57. The largest absolute Gasteiger partial charge is 0.162 e. The molecule has 1 aromatic rings. The van der Waals surface area contributed by atoms with Crippen molar-refractivity contribution in [3.8, 4) is 0 Å². The molecule has 1 fully saturated rings. The number of rotatable bonds is 0. The van der Waals surface area contributed by atoms with E-state index in [0.29, 0.717) is 0 Å². The number of thioether (sulfide) groups is 1. The zero-order chi connectivity index (χ0) is 7.94. The minimum atomic E-state index is 1.36. The van der Waals surface area contributed by atoms with Crippen LogP contribution in [-0.2, 0) is 0 Å². The van der Waals surface area contributed by atoms with Gasteiger partial charge in [-0.2, -0.15) is 23.1 Å². The minimum absolute atomic E-state index is 1.36. The summed E-state index contributed by atoms with van der Waals surface area (Å²) in [7, 11) is 0. The molecule has 0 nitrogen and oxygen atoms in total. The molecule has 2 rings (SSSR count). The first kappa shape index (κ1) is 9.14. The van der Waals surface area contributed by atoms with Crippen LogP contribution in [0.1, 0.15) is 18.4 Å². The zero-order valence-corrected chi connectivity index (χ0v) is 8.51. The van der Waals surface area contributed by atoms with E-state index in [9.17, 15) is 0 Å². The summed E-state index contributed by atoms with van der Waals surface area (Å²) in [5.41, 5.74) is 1.36. The summed E-state index contributed by atoms with van der Waals surface area (Å²) < 4.78 is 0. The normalized spacial score (nSPS) is 15.7. The van der Waals surface area contributed by atoms with Crippen LogP contribution in [0.4, 0.5) is 0 Å². The van der Waals surface area contributed by atoms with Crippen LogP contribution in [0.15, 0.2) is 16.8 Å². The fourth-order valence-corrected chi connectivity index (χ4v) is 2.53. The summed E-state index contributed by atoms with van der Waals surface area (Å²) in [6, 6.07) is 2.10. The highest BCUT2D eigenvalue weighted by Gasteiger charge is 1.95. The van der Waals surface area contributed by atoms with Crippen molar-refractivity contribution >= 4 is 23.1 Å². The molecule has 0 spiro atoms. The van der Waals surface area contributed by atoms with Crippen LogP contribution in [0.5, 0.6) is 0 Å². The summed E-state index contributed by atoms with van der Waals surface area (Å²) >= 11 is 3.81. The van der Waals surface area contributed by atoms with E-state index in [1.807, 2.05) is 0 Å². The van der Waals surface area contributed by atoms with E-state index in [2.05, 4.69) is 35.5 Å². The minimum Gasteiger partial charge on any atom is -0.162 e. The van der Waals surface area contributed by atoms with E-state index in [-0.39, 0.29) is 0 Å². The molecule has 1 saturated heterocycles. The van der Waals surface area contributed by atoms with Crippen molar-refractivity contribution < 1.29 is 0 Å². The molecule has 1 aliphatic rings. The average Bonchev–Trinajstić information content (AvgIpc) is 2.57. The van der Waals surface area contributed by atoms with Gasteiger partial charge < -0.3 is 0 Å². The molecule has 0 saturated carbocycles. The van der Waals surface area contributed by atoms with Gasteiger partial charge in [0.15, 0.2) is 0 Å². The third kappa shape index (κ3) is 4.49. The Hall–Kier alpha value is 0.0500. The standard InChI is InChI=1S/C5H6S.C4H8S/c1-5-2-3-6-4-5;1-2-4-5-3-1/h2-4H,1H3;1-4H2. The Morgan fingerprint density at radius 3 is 2.18 bits per heavy atom. The Balaban J connectivity index is 0.000000112. The molecule has 0 radical (unpaired) electrons. The fourth-order valence-electron chi connectivity index (χ4n) is 0.843. The molecule has 11 heavy (non-hydrogen) atoms. The molecule has 0 unspecified atom stereocenters. The van der Waals surface area contributed by atoms with Crippen LogP contribution in [0.2, 0.25) is 0 Å². The zero-order valence-electron chi connectivity index (χ0n) is 6.88. The maximum atomic E-state index is 2.12. The molecule has 1 aromatic heterocycles. The van der Waals surface area contributed by atoms with Gasteiger partial charge in [0.2, 0.25) is 0 Å². The van der Waals surface area contributed by atoms with Gasteiger partial charge in [-0.15, -0.1) is 0 Å². The van der Waals surface area contributed by atoms with Crippen molar-refractivity contribution in [3.63, 3.8) is 0 Å². The molecular weight excluding hydrogens is 172 g/mol. The molecule has 2 heteroatoms. The Labute approximate surface area is 77.0 Å². The number of aryl methyl sites for hydroxylation is 1. The van der Waals surface area contributed by atoms with Crippen LogP contribution in [0.3, 0.4) is 0 Å². The van der Waals surface area contributed by atoms with Crippen molar-refractivity contribution in [1.29, 1.82) is 0 Å². The van der Waals surface area contributed by atoms with Gasteiger partial charge in [0, 0.05) is 0 Å². The lowest BCUT2D eigenvalue weighted by molar-refractivity contribution is 0.949. The van der Waals surface area contributed by atoms with Crippen LogP contribution in [0.25, 0.3) is 0 Å². The fraction of sp³-hybridized carbons (Fsp3) is 0.556. The van der Waals surface area contributed by atoms with Crippen molar-refractivity contribution in [3.05, 3.63) is 22.4 Å². The van der Waals surface area contributed by atoms with E-state index in [1.165, 1.54) is 29.9 Å². The van der Waals surface area contributed by atoms with Gasteiger partial charge >= 0.3 is 0 Å². The van der Waals surface area contributed by atoms with Crippen LogP contribution >= 0.6 is 23.1 Å². The molecule has 1 aliphatic heterocycles. The Bertz CT molecular complexity index is 156. The van der Waals surface area contributed by atoms with Gasteiger partial charge in [-0.3, -0.25) is 0 Å². The first-order valence-electron chi connectivity index (χ1n) is 3.96. The van der Waals surface area contributed by atoms with Crippen LogP contribution in [-0.4, -0.2) is 11.5 Å². The third-order valence-electron chi connectivity index (χ3n) is 1.49. The maximum Gasteiger partial charge on any atom is -0.00641 e. The molecule has 0 atom stereocenters. The van der Waals surface area contributed by atoms with Gasteiger partial charge in [0.25, 0.3) is 0 Å². The second kappa shape index (κ2) is 5.67. The van der Waals surface area contributed by atoms with E-state index in [4.69, 9.17) is 0 Å². The first-order chi connectivity index (χ1) is 5.39. The van der Waals surface area contributed by atoms with Gasteiger partial charge in [-0.25, -0.2) is 0 Å². The van der Waals surface area contributed by atoms with Crippen molar-refractivity contribution in [2.75, 3.05) is 11.5 Å². The number of thiophene rings is 1. The summed E-state index contributed by atoms with van der Waals surface area (Å²) in [4.78, 5) is 0. The Morgan fingerprint density at radius 2 is 2.00 bits per heavy atom. The third-order valence-corrected chi connectivity index (χ3v) is 3.45. The molecule has 0 aromatic carbocycles. The molecular formula is C9H14S2. The molecule has 0 N–H and O–H groups in total. The summed E-state index contributed by atoms with van der Waals surface area (Å²) in [5.74, 6) is 2.83. The molecule has 0 amide bonds. The van der Waals surface area contributed by atoms with Gasteiger partial charge in [0.05, 0.1) is 0 Å². The van der Waals surface area contributed by atoms with Gasteiger partial charge in [-0.1, -0.05) is 0 Å². The molecule has 2 heterocycles. The predicted molar refractivity (Wildman–Crippen MR) is 55.6 cm³/mol. The summed E-state index contributed by atoms with van der Waals surface area (Å²) in [6.07, 6.45) is 2.93. The number of hydrogen-bond donors (Lipinski definition) is 0. The summed E-state index contributed by atoms with van der Waals surface area (Å²) in [5, 5.41) is 4.20. The molecule has 0 bridgehead atoms. The highest BCUT2D eigenvalue weighted by Crippen LogP contribution is 2.14. The first-order valence-corrected chi connectivity index (χ1v) is 6.06. The monoisotopic (exact) mass is 186 g/mol. The van der Waals surface area contributed by atoms with E-state index in [0.717, 1.165) is 0 Å². The second-order valence-electron chi connectivity index (χ2n) is 2.62. The van der Waals surface area contributed by atoms with Gasteiger partial charge in [0.1, 0.15) is 0 Å². The quantitative estimate of drug-likeness (QED) is 0.597. The lowest BCUT2D eigenvalue weighted by Gasteiger charge is -1.69. The molecule has 0 aliphatic carbocycles. The van der Waals surface area contributed by atoms with E-state index >= 15 is 0 Å². The van der Waals surface area contributed by atoms with Crippen molar-refractivity contribution in [2.45, 2.75) is 19.8 Å². The molecule has 62 valence electrons. The summed E-state index contributed by atoms with van der Waals surface area (Å²) in [6.45, 7) is 2.09. The van der Waals surface area contributed by atoms with E-state index < -0.39 is 0 Å². The van der Waals surface area contributed by atoms with E-state index in [1.54, 1.807) is 11.3 Å².